The zero-order valence-corrected chi connectivity index (χ0v) is 18.9. The van der Waals surface area contributed by atoms with Crippen molar-refractivity contribution in [2.45, 2.75) is 44.2 Å². The molecular weight excluding hydrogens is 431 g/mol. The molecule has 0 aromatic heterocycles. The summed E-state index contributed by atoms with van der Waals surface area (Å²) in [6.07, 6.45) is 5.29. The fraction of sp³-hybridized carbons (Fsp3) is 0.944. The van der Waals surface area contributed by atoms with Crippen LogP contribution in [-0.2, 0) is 9.47 Å². The Labute approximate surface area is 170 Å². The molecule has 3 atom stereocenters. The minimum atomic E-state index is 0. The molecule has 25 heavy (non-hydrogen) atoms. The number of guanidine groups is 1. The molecule has 2 aliphatic rings. The van der Waals surface area contributed by atoms with Crippen LogP contribution in [0.1, 0.15) is 32.6 Å². The van der Waals surface area contributed by atoms with E-state index in [1.165, 1.54) is 25.7 Å². The topological polar surface area (TPSA) is 49.3 Å². The third-order valence-corrected chi connectivity index (χ3v) is 5.59. The Kier molecular flexibility index (Phi) is 9.98. The second kappa shape index (κ2) is 10.9. The lowest BCUT2D eigenvalue weighted by Crippen LogP contribution is -2.58. The number of halogens is 1. The zero-order valence-electron chi connectivity index (χ0n) is 16.6. The summed E-state index contributed by atoms with van der Waals surface area (Å²) in [6, 6.07) is 0. The predicted octanol–water partition coefficient (Wildman–Crippen LogP) is 2.04. The summed E-state index contributed by atoms with van der Waals surface area (Å²) in [5.41, 5.74) is 0.228. The van der Waals surface area contributed by atoms with Crippen LogP contribution >= 0.6 is 24.0 Å². The van der Waals surface area contributed by atoms with Crippen molar-refractivity contribution in [3.8, 4) is 0 Å². The van der Waals surface area contributed by atoms with Gasteiger partial charge in [-0.05, 0) is 32.9 Å². The molecule has 0 radical (unpaired) electrons. The second-order valence-electron chi connectivity index (χ2n) is 7.62. The Morgan fingerprint density at radius 1 is 1.44 bits per heavy atom. The minimum Gasteiger partial charge on any atom is -0.382 e. The number of likely N-dealkylation sites (N-methyl/N-ethyl adjacent to an activating group) is 1. The molecule has 2 rings (SSSR count). The highest BCUT2D eigenvalue weighted by molar-refractivity contribution is 14.0. The maximum Gasteiger partial charge on any atom is 0.193 e. The summed E-state index contributed by atoms with van der Waals surface area (Å²) in [5, 5.41) is 3.65. The van der Waals surface area contributed by atoms with Gasteiger partial charge in [-0.3, -0.25) is 4.99 Å². The van der Waals surface area contributed by atoms with E-state index in [9.17, 15) is 0 Å². The maximum absolute atomic E-state index is 5.75. The van der Waals surface area contributed by atoms with E-state index in [2.05, 4.69) is 41.1 Å². The van der Waals surface area contributed by atoms with E-state index < -0.39 is 0 Å². The van der Waals surface area contributed by atoms with Crippen LogP contribution in [0, 0.1) is 5.92 Å². The summed E-state index contributed by atoms with van der Waals surface area (Å²) in [5.74, 6) is 1.78. The Balaban J connectivity index is 0.00000312. The molecule has 0 amide bonds. The van der Waals surface area contributed by atoms with Crippen molar-refractivity contribution in [3.05, 3.63) is 0 Å². The Hall–Kier alpha value is -0.120. The van der Waals surface area contributed by atoms with Crippen LogP contribution in [0.25, 0.3) is 0 Å². The van der Waals surface area contributed by atoms with E-state index in [-0.39, 0.29) is 35.6 Å². The third-order valence-electron chi connectivity index (χ3n) is 5.59. The normalized spacial score (nSPS) is 31.0. The van der Waals surface area contributed by atoms with Gasteiger partial charge in [-0.15, -0.1) is 24.0 Å². The molecule has 1 aliphatic heterocycles. The summed E-state index contributed by atoms with van der Waals surface area (Å²) in [6.45, 7) is 6.40. The lowest BCUT2D eigenvalue weighted by molar-refractivity contribution is -0.0449. The van der Waals surface area contributed by atoms with E-state index in [0.29, 0.717) is 6.61 Å². The molecule has 1 saturated carbocycles. The molecule has 1 N–H and O–H groups in total. The average molecular weight is 468 g/mol. The van der Waals surface area contributed by atoms with Crippen LogP contribution in [0.2, 0.25) is 0 Å². The number of rotatable bonds is 5. The number of ether oxygens (including phenoxy) is 2. The van der Waals surface area contributed by atoms with E-state index in [1.807, 2.05) is 7.05 Å². The molecule has 0 aromatic rings. The first-order chi connectivity index (χ1) is 11.5. The van der Waals surface area contributed by atoms with Gasteiger partial charge in [-0.2, -0.15) is 0 Å². The van der Waals surface area contributed by atoms with E-state index in [1.54, 1.807) is 7.11 Å². The first-order valence-electron chi connectivity index (χ1n) is 9.24. The average Bonchev–Trinajstić information content (AvgIpc) is 2.56. The smallest absolute Gasteiger partial charge is 0.193 e. The number of nitrogens with zero attached hydrogens (tertiary/aromatic N) is 3. The zero-order chi connectivity index (χ0) is 17.6. The molecular formula is C18H37IN4O2. The van der Waals surface area contributed by atoms with Crippen LogP contribution in [0.3, 0.4) is 0 Å². The Morgan fingerprint density at radius 3 is 2.80 bits per heavy atom. The number of aliphatic imine (C=N–C) groups is 1. The first kappa shape index (κ1) is 22.9. The van der Waals surface area contributed by atoms with Crippen molar-refractivity contribution in [1.29, 1.82) is 0 Å². The van der Waals surface area contributed by atoms with Gasteiger partial charge in [0.1, 0.15) is 0 Å². The van der Waals surface area contributed by atoms with Gasteiger partial charge in [0.2, 0.25) is 0 Å². The highest BCUT2D eigenvalue weighted by Gasteiger charge is 2.37. The van der Waals surface area contributed by atoms with Crippen LogP contribution in [0.4, 0.5) is 0 Å². The fourth-order valence-corrected chi connectivity index (χ4v) is 4.13. The van der Waals surface area contributed by atoms with Gasteiger partial charge in [0.05, 0.1) is 19.3 Å². The van der Waals surface area contributed by atoms with Gasteiger partial charge in [-0.1, -0.05) is 19.8 Å². The van der Waals surface area contributed by atoms with Gasteiger partial charge in [0, 0.05) is 39.3 Å². The quantitative estimate of drug-likeness (QED) is 0.380. The van der Waals surface area contributed by atoms with Crippen LogP contribution in [-0.4, -0.2) is 88.5 Å². The van der Waals surface area contributed by atoms with E-state index in [0.717, 1.165) is 38.1 Å². The van der Waals surface area contributed by atoms with Crippen molar-refractivity contribution in [1.82, 2.24) is 15.1 Å². The number of nitrogens with one attached hydrogen (secondary N) is 1. The van der Waals surface area contributed by atoms with Crippen LogP contribution in [0.5, 0.6) is 0 Å². The minimum absolute atomic E-state index is 0. The van der Waals surface area contributed by atoms with Crippen molar-refractivity contribution in [2.24, 2.45) is 10.9 Å². The highest BCUT2D eigenvalue weighted by atomic mass is 127. The van der Waals surface area contributed by atoms with Crippen molar-refractivity contribution < 1.29 is 9.47 Å². The molecule has 1 saturated heterocycles. The molecule has 7 heteroatoms. The number of hydrogen-bond donors (Lipinski definition) is 1. The summed E-state index contributed by atoms with van der Waals surface area (Å²) in [7, 11) is 8.02. The van der Waals surface area contributed by atoms with Gasteiger partial charge in [0.25, 0.3) is 0 Å². The van der Waals surface area contributed by atoms with Crippen LogP contribution in [0.15, 0.2) is 4.99 Å². The molecule has 1 aliphatic carbocycles. The summed E-state index contributed by atoms with van der Waals surface area (Å²) >= 11 is 0. The Morgan fingerprint density at radius 2 is 2.20 bits per heavy atom. The molecule has 0 spiro atoms. The summed E-state index contributed by atoms with van der Waals surface area (Å²) < 4.78 is 11.0. The molecule has 6 nitrogen and oxygen atoms in total. The van der Waals surface area contributed by atoms with Gasteiger partial charge in [0.15, 0.2) is 5.96 Å². The Bertz CT molecular complexity index is 420. The van der Waals surface area contributed by atoms with E-state index >= 15 is 0 Å². The molecule has 1 heterocycles. The molecule has 3 unspecified atom stereocenters. The molecule has 148 valence electrons. The van der Waals surface area contributed by atoms with Crippen LogP contribution < -0.4 is 5.32 Å². The fourth-order valence-electron chi connectivity index (χ4n) is 4.13. The highest BCUT2D eigenvalue weighted by Crippen LogP contribution is 2.35. The number of morpholine rings is 1. The van der Waals surface area contributed by atoms with E-state index in [4.69, 9.17) is 9.47 Å². The SMILES string of the molecule is CN=C(NCC1(N(C)C)CCCC(C)C1)N1CCOC(COC)C1.I. The lowest BCUT2D eigenvalue weighted by atomic mass is 9.75. The largest absolute Gasteiger partial charge is 0.382 e. The van der Waals surface area contributed by atoms with Gasteiger partial charge in [-0.25, -0.2) is 0 Å². The van der Waals surface area contributed by atoms with Gasteiger partial charge < -0.3 is 24.6 Å². The predicted molar refractivity (Wildman–Crippen MR) is 114 cm³/mol. The molecule has 0 bridgehead atoms. The van der Waals surface area contributed by atoms with Crippen molar-refractivity contribution in [2.75, 3.05) is 61.1 Å². The lowest BCUT2D eigenvalue weighted by Gasteiger charge is -2.46. The third kappa shape index (κ3) is 6.22. The van der Waals surface area contributed by atoms with Gasteiger partial charge >= 0.3 is 0 Å². The first-order valence-corrected chi connectivity index (χ1v) is 9.24. The summed E-state index contributed by atoms with van der Waals surface area (Å²) in [4.78, 5) is 9.22. The standard InChI is InChI=1S/C18H36N4O2.HI/c1-15-7-6-8-18(11-15,21(3)4)14-20-17(19-2)22-9-10-24-16(12-22)13-23-5;/h15-16H,6-14H2,1-5H3,(H,19,20);1H. The number of hydrogen-bond acceptors (Lipinski definition) is 4. The molecule has 2 fully saturated rings. The molecule has 0 aromatic carbocycles. The number of methoxy groups -OCH3 is 1. The van der Waals surface area contributed by atoms with Crippen molar-refractivity contribution in [3.63, 3.8) is 0 Å². The van der Waals surface area contributed by atoms with Crippen molar-refractivity contribution >= 4 is 29.9 Å². The maximum atomic E-state index is 5.75. The monoisotopic (exact) mass is 468 g/mol. The second-order valence-corrected chi connectivity index (χ2v) is 7.62.